The molecule has 8 nitrogen and oxygen atoms in total. The molecule has 0 saturated heterocycles. The summed E-state index contributed by atoms with van der Waals surface area (Å²) < 4.78 is 16.9. The van der Waals surface area contributed by atoms with E-state index in [1.165, 1.54) is 11.3 Å². The van der Waals surface area contributed by atoms with Crippen LogP contribution in [0.1, 0.15) is 70.0 Å². The molecule has 0 aliphatic heterocycles. The lowest BCUT2D eigenvalue weighted by Crippen LogP contribution is -2.32. The van der Waals surface area contributed by atoms with E-state index in [1.807, 2.05) is 68.5 Å². The normalized spacial score (nSPS) is 12.9. The fourth-order valence-corrected chi connectivity index (χ4v) is 5.05. The van der Waals surface area contributed by atoms with E-state index in [4.69, 9.17) is 14.2 Å². The van der Waals surface area contributed by atoms with Crippen LogP contribution in [-0.2, 0) is 27.2 Å². The fraction of sp³-hybridized carbons (Fsp3) is 0.343. The summed E-state index contributed by atoms with van der Waals surface area (Å²) in [6.45, 7) is 13.2. The molecule has 0 saturated carbocycles. The van der Waals surface area contributed by atoms with Gasteiger partial charge < -0.3 is 24.6 Å². The van der Waals surface area contributed by atoms with E-state index in [0.29, 0.717) is 21.8 Å². The van der Waals surface area contributed by atoms with Crippen molar-refractivity contribution in [2.45, 2.75) is 73.1 Å². The van der Waals surface area contributed by atoms with Gasteiger partial charge in [0, 0.05) is 22.6 Å². The number of nitriles is 1. The number of benzene rings is 2. The highest BCUT2D eigenvalue weighted by molar-refractivity contribution is 7.16. The van der Waals surface area contributed by atoms with Crippen molar-refractivity contribution in [3.05, 3.63) is 93.6 Å². The summed E-state index contributed by atoms with van der Waals surface area (Å²) in [7, 11) is 0. The molecule has 44 heavy (non-hydrogen) atoms. The molecule has 0 radical (unpaired) electrons. The van der Waals surface area contributed by atoms with Crippen LogP contribution in [0.25, 0.3) is 16.0 Å². The first-order chi connectivity index (χ1) is 20.8. The maximum Gasteiger partial charge on any atom is 0.407 e. The van der Waals surface area contributed by atoms with Crippen LogP contribution in [0.5, 0.6) is 5.75 Å². The largest absolute Gasteiger partial charge is 0.512 e. The molecule has 2 aromatic carbocycles. The maximum atomic E-state index is 12.3. The number of aliphatic hydroxyl groups excluding tert-OH is 1. The standard InChI is InChI=1S/C35H40N2O6S/c1-8-41-33(39)19-27-12-13-28(32-15-14-29(20-36)44-32)18-31(27)42-24(4)22(2)16-30(23(3)38)26-11-9-10-25(17-26)21-37-34(40)43-35(5,6)7/h9-18,24,38H,8,19,21H2,1-7H3,(H,37,40)/b22-16+,30-23-. The predicted octanol–water partition coefficient (Wildman–Crippen LogP) is 8.12. The van der Waals surface area contributed by atoms with Gasteiger partial charge >= 0.3 is 12.1 Å². The molecule has 2 N–H and O–H groups in total. The third kappa shape index (κ3) is 10.0. The predicted molar refractivity (Wildman–Crippen MR) is 173 cm³/mol. The number of rotatable bonds is 11. The first kappa shape index (κ1) is 33.9. The molecule has 1 amide bonds. The molecule has 0 spiro atoms. The number of thiophene rings is 1. The Morgan fingerprint density at radius 3 is 2.50 bits per heavy atom. The molecule has 0 bridgehead atoms. The second kappa shape index (κ2) is 15.3. The Morgan fingerprint density at radius 1 is 1.11 bits per heavy atom. The number of carbonyl (C=O) groups excluding carboxylic acids is 2. The van der Waals surface area contributed by atoms with Gasteiger partial charge in [-0.25, -0.2) is 4.79 Å². The van der Waals surface area contributed by atoms with Crippen molar-refractivity contribution in [3.8, 4) is 22.3 Å². The Kier molecular flexibility index (Phi) is 11.8. The van der Waals surface area contributed by atoms with Crippen LogP contribution in [-0.4, -0.2) is 35.5 Å². The summed E-state index contributed by atoms with van der Waals surface area (Å²) in [5, 5.41) is 22.6. The second-order valence-corrected chi connectivity index (χ2v) is 12.4. The highest BCUT2D eigenvalue weighted by Gasteiger charge is 2.18. The third-order valence-electron chi connectivity index (χ3n) is 6.49. The summed E-state index contributed by atoms with van der Waals surface area (Å²) in [6.07, 6.45) is 0.997. The van der Waals surface area contributed by atoms with E-state index in [-0.39, 0.29) is 31.3 Å². The van der Waals surface area contributed by atoms with Gasteiger partial charge in [0.1, 0.15) is 28.4 Å². The Labute approximate surface area is 263 Å². The molecular weight excluding hydrogens is 576 g/mol. The highest BCUT2D eigenvalue weighted by atomic mass is 32.1. The number of nitrogens with zero attached hydrogens (tertiary/aromatic N) is 1. The fourth-order valence-electron chi connectivity index (χ4n) is 4.25. The molecule has 3 rings (SSSR count). The highest BCUT2D eigenvalue weighted by Crippen LogP contribution is 2.34. The molecule has 1 unspecified atom stereocenters. The van der Waals surface area contributed by atoms with Gasteiger partial charge in [-0.1, -0.05) is 30.3 Å². The SMILES string of the molecule is CCOC(=O)Cc1ccc(-c2ccc(C#N)s2)cc1OC(C)/C(C)=C/C(=C(\C)O)c1cccc(CNC(=O)OC(C)(C)C)c1. The van der Waals surface area contributed by atoms with Crippen molar-refractivity contribution in [2.24, 2.45) is 0 Å². The Morgan fingerprint density at radius 2 is 1.86 bits per heavy atom. The van der Waals surface area contributed by atoms with Crippen molar-refractivity contribution in [3.63, 3.8) is 0 Å². The lowest BCUT2D eigenvalue weighted by molar-refractivity contribution is -0.142. The molecule has 1 atom stereocenters. The summed E-state index contributed by atoms with van der Waals surface area (Å²) in [5.41, 5.74) is 4.02. The van der Waals surface area contributed by atoms with Gasteiger partial charge in [-0.15, -0.1) is 11.3 Å². The van der Waals surface area contributed by atoms with Gasteiger partial charge in [0.25, 0.3) is 0 Å². The summed E-state index contributed by atoms with van der Waals surface area (Å²) in [6, 6.07) is 19.0. The smallest absolute Gasteiger partial charge is 0.407 e. The number of amides is 1. The van der Waals surface area contributed by atoms with Crippen LogP contribution < -0.4 is 10.1 Å². The van der Waals surface area contributed by atoms with Gasteiger partial charge in [0.2, 0.25) is 0 Å². The minimum atomic E-state index is -0.595. The zero-order valence-corrected chi connectivity index (χ0v) is 27.1. The average Bonchev–Trinajstić information content (AvgIpc) is 3.44. The van der Waals surface area contributed by atoms with Crippen molar-refractivity contribution in [1.82, 2.24) is 5.32 Å². The number of alkyl carbamates (subject to hydrolysis) is 1. The molecule has 0 aliphatic rings. The number of carbonyl (C=O) groups is 2. The number of aliphatic hydroxyl groups is 1. The van der Waals surface area contributed by atoms with E-state index >= 15 is 0 Å². The van der Waals surface area contributed by atoms with Crippen molar-refractivity contribution in [2.75, 3.05) is 6.61 Å². The van der Waals surface area contributed by atoms with Crippen molar-refractivity contribution >= 4 is 29.0 Å². The lowest BCUT2D eigenvalue weighted by Gasteiger charge is -2.20. The van der Waals surface area contributed by atoms with Crippen LogP contribution in [0.3, 0.4) is 0 Å². The number of hydrogen-bond donors (Lipinski definition) is 2. The van der Waals surface area contributed by atoms with Crippen molar-refractivity contribution < 1.29 is 28.9 Å². The third-order valence-corrected chi connectivity index (χ3v) is 7.53. The molecule has 232 valence electrons. The summed E-state index contributed by atoms with van der Waals surface area (Å²) >= 11 is 1.38. The lowest BCUT2D eigenvalue weighted by atomic mass is 9.98. The molecule has 1 heterocycles. The molecule has 0 fully saturated rings. The van der Waals surface area contributed by atoms with Crippen LogP contribution in [0.15, 0.2) is 72.0 Å². The van der Waals surface area contributed by atoms with Gasteiger partial charge in [0.15, 0.2) is 0 Å². The number of hydrogen-bond acceptors (Lipinski definition) is 8. The monoisotopic (exact) mass is 616 g/mol. The first-order valence-electron chi connectivity index (χ1n) is 14.4. The van der Waals surface area contributed by atoms with Gasteiger partial charge in [-0.3, -0.25) is 4.79 Å². The number of nitrogens with one attached hydrogen (secondary N) is 1. The van der Waals surface area contributed by atoms with Crippen LogP contribution in [0.2, 0.25) is 0 Å². The van der Waals surface area contributed by atoms with Crippen LogP contribution in [0, 0.1) is 11.3 Å². The first-order valence-corrected chi connectivity index (χ1v) is 15.2. The Bertz CT molecular complexity index is 1580. The molecule has 9 heteroatoms. The van der Waals surface area contributed by atoms with Gasteiger partial charge in [-0.2, -0.15) is 5.26 Å². The number of allylic oxidation sites excluding steroid dienone is 3. The van der Waals surface area contributed by atoms with Gasteiger partial charge in [0.05, 0.1) is 18.8 Å². The van der Waals surface area contributed by atoms with E-state index in [2.05, 4.69) is 11.4 Å². The number of esters is 1. The second-order valence-electron chi connectivity index (χ2n) is 11.3. The van der Waals surface area contributed by atoms with E-state index in [1.54, 1.807) is 40.7 Å². The van der Waals surface area contributed by atoms with E-state index in [0.717, 1.165) is 27.1 Å². The topological polar surface area (TPSA) is 118 Å². The quantitative estimate of drug-likeness (QED) is 0.127. The van der Waals surface area contributed by atoms with E-state index < -0.39 is 17.8 Å². The number of ether oxygens (including phenoxy) is 3. The van der Waals surface area contributed by atoms with Crippen LogP contribution >= 0.6 is 11.3 Å². The summed E-state index contributed by atoms with van der Waals surface area (Å²) in [4.78, 5) is 26.0. The van der Waals surface area contributed by atoms with Gasteiger partial charge in [-0.05, 0) is 101 Å². The minimum Gasteiger partial charge on any atom is -0.512 e. The molecular formula is C35H40N2O6S. The minimum absolute atomic E-state index is 0.0534. The zero-order valence-electron chi connectivity index (χ0n) is 26.3. The molecule has 1 aromatic heterocycles. The Balaban J connectivity index is 1.86. The van der Waals surface area contributed by atoms with Crippen molar-refractivity contribution in [1.29, 1.82) is 5.26 Å². The average molecular weight is 617 g/mol. The molecule has 3 aromatic rings. The zero-order chi connectivity index (χ0) is 32.4. The summed E-state index contributed by atoms with van der Waals surface area (Å²) in [5.74, 6) is 0.309. The van der Waals surface area contributed by atoms with E-state index in [9.17, 15) is 20.0 Å². The maximum absolute atomic E-state index is 12.3. The van der Waals surface area contributed by atoms with Crippen LogP contribution in [0.4, 0.5) is 4.79 Å². The Hall–Kier alpha value is -4.55. The molecule has 0 aliphatic carbocycles.